The van der Waals surface area contributed by atoms with Crippen LogP contribution < -0.4 is 5.56 Å². The second-order valence-corrected chi connectivity index (χ2v) is 8.98. The summed E-state index contributed by atoms with van der Waals surface area (Å²) >= 11 is 12.4. The molecule has 2 N–H and O–H groups in total. The zero-order valence-electron chi connectivity index (χ0n) is 18.6. The van der Waals surface area contributed by atoms with Crippen molar-refractivity contribution in [3.63, 3.8) is 0 Å². The van der Waals surface area contributed by atoms with Gasteiger partial charge in [0.2, 0.25) is 5.56 Å². The molecule has 2 aromatic heterocycles. The molecule has 7 nitrogen and oxygen atoms in total. The summed E-state index contributed by atoms with van der Waals surface area (Å²) in [5.41, 5.74) is 4.65. The fraction of sp³-hybridized carbons (Fsp3) is 0.0370. The summed E-state index contributed by atoms with van der Waals surface area (Å²) in [4.78, 5) is 33.1. The predicted molar refractivity (Wildman–Crippen MR) is 141 cm³/mol. The van der Waals surface area contributed by atoms with Crippen molar-refractivity contribution in [2.24, 2.45) is 0 Å². The Kier molecular flexibility index (Phi) is 6.41. The molecule has 0 spiro atoms. The molecule has 5 aromatic rings. The van der Waals surface area contributed by atoms with Crippen LogP contribution in [-0.2, 0) is 0 Å². The van der Waals surface area contributed by atoms with Gasteiger partial charge in [-0.2, -0.15) is 0 Å². The van der Waals surface area contributed by atoms with Crippen molar-refractivity contribution in [3.05, 3.63) is 139 Å². The molecule has 0 aliphatic carbocycles. The number of nitro benzene ring substituents is 1. The average Bonchev–Trinajstić information content (AvgIpc) is 3.34. The Bertz CT molecular complexity index is 1610. The summed E-state index contributed by atoms with van der Waals surface area (Å²) in [5, 5.41) is 12.2. The van der Waals surface area contributed by atoms with Crippen LogP contribution in [0.25, 0.3) is 22.4 Å². The molecule has 178 valence electrons. The van der Waals surface area contributed by atoms with Gasteiger partial charge < -0.3 is 9.97 Å². The molecule has 36 heavy (non-hydrogen) atoms. The van der Waals surface area contributed by atoms with E-state index in [1.165, 1.54) is 18.2 Å². The maximum Gasteiger partial charge on any atom is 0.269 e. The third-order valence-corrected chi connectivity index (χ3v) is 6.42. The number of nitro groups is 1. The van der Waals surface area contributed by atoms with E-state index in [-0.39, 0.29) is 17.2 Å². The molecule has 0 amide bonds. The standard InChI is InChI=1S/C27H18Cl2N4O3/c28-20-7-10-22(23(29)14-20)24-15-31-27(32-24)26(18-5-8-21(9-6-18)33(35)36)17-3-1-16(2-4-17)19-11-12-30-25(34)13-19/h1-15,26H,(H,30,34)(H,31,32). The molecule has 1 atom stereocenters. The molecule has 0 aliphatic rings. The fourth-order valence-electron chi connectivity index (χ4n) is 4.11. The largest absolute Gasteiger partial charge is 0.347 e. The number of non-ortho nitro benzene ring substituents is 1. The van der Waals surface area contributed by atoms with Crippen LogP contribution in [-0.4, -0.2) is 19.9 Å². The van der Waals surface area contributed by atoms with Gasteiger partial charge in [0.15, 0.2) is 0 Å². The highest BCUT2D eigenvalue weighted by molar-refractivity contribution is 6.36. The van der Waals surface area contributed by atoms with E-state index in [2.05, 4.69) is 9.97 Å². The number of benzene rings is 3. The highest BCUT2D eigenvalue weighted by atomic mass is 35.5. The summed E-state index contributed by atoms with van der Waals surface area (Å²) in [5.74, 6) is 0.313. The second-order valence-electron chi connectivity index (χ2n) is 8.14. The molecule has 3 aromatic carbocycles. The number of nitrogens with zero attached hydrogens (tertiary/aromatic N) is 2. The van der Waals surface area contributed by atoms with Crippen molar-refractivity contribution in [2.75, 3.05) is 0 Å². The lowest BCUT2D eigenvalue weighted by molar-refractivity contribution is -0.384. The molecule has 0 aliphatic heterocycles. The van der Waals surface area contributed by atoms with Crippen molar-refractivity contribution < 1.29 is 4.92 Å². The molecule has 1 unspecified atom stereocenters. The van der Waals surface area contributed by atoms with Crippen molar-refractivity contribution in [1.82, 2.24) is 15.0 Å². The number of halogens is 2. The first kappa shape index (κ1) is 23.5. The first-order valence-corrected chi connectivity index (χ1v) is 11.7. The fourth-order valence-corrected chi connectivity index (χ4v) is 4.61. The van der Waals surface area contributed by atoms with E-state index in [9.17, 15) is 14.9 Å². The highest BCUT2D eigenvalue weighted by Gasteiger charge is 2.22. The van der Waals surface area contributed by atoms with E-state index in [4.69, 9.17) is 28.2 Å². The summed E-state index contributed by atoms with van der Waals surface area (Å²) in [7, 11) is 0. The maximum absolute atomic E-state index is 11.7. The molecule has 0 saturated carbocycles. The quantitative estimate of drug-likeness (QED) is 0.190. The number of aromatic nitrogens is 3. The van der Waals surface area contributed by atoms with Crippen LogP contribution in [0.1, 0.15) is 22.9 Å². The molecule has 2 heterocycles. The lowest BCUT2D eigenvalue weighted by Crippen LogP contribution is -2.06. The van der Waals surface area contributed by atoms with Crippen LogP contribution in [0.5, 0.6) is 0 Å². The number of aromatic amines is 2. The number of hydrogen-bond acceptors (Lipinski definition) is 4. The molecule has 0 radical (unpaired) electrons. The zero-order valence-corrected chi connectivity index (χ0v) is 20.1. The SMILES string of the molecule is O=c1cc(-c2ccc(C(c3ccc([N+](=O)[O-])cc3)c3nc(-c4ccc(Cl)cc4Cl)c[nH]3)cc2)cc[nH]1. The number of nitrogens with one attached hydrogen (secondary N) is 2. The molecular weight excluding hydrogens is 499 g/mol. The van der Waals surface area contributed by atoms with Crippen molar-refractivity contribution in [1.29, 1.82) is 0 Å². The molecule has 5 rings (SSSR count). The molecule has 9 heteroatoms. The molecule has 0 bridgehead atoms. The van der Waals surface area contributed by atoms with Crippen LogP contribution in [0.4, 0.5) is 5.69 Å². The van der Waals surface area contributed by atoms with Gasteiger partial charge in [0.05, 0.1) is 21.6 Å². The van der Waals surface area contributed by atoms with Crippen LogP contribution in [0.2, 0.25) is 10.0 Å². The zero-order chi connectivity index (χ0) is 25.2. The Hall–Kier alpha value is -4.20. The Balaban J connectivity index is 1.57. The minimum atomic E-state index is -0.428. The smallest absolute Gasteiger partial charge is 0.269 e. The van der Waals surface area contributed by atoms with Gasteiger partial charge in [0, 0.05) is 41.2 Å². The Morgan fingerprint density at radius 2 is 1.53 bits per heavy atom. The van der Waals surface area contributed by atoms with Crippen molar-refractivity contribution in [3.8, 4) is 22.4 Å². The topological polar surface area (TPSA) is 105 Å². The lowest BCUT2D eigenvalue weighted by atomic mass is 9.89. The van der Waals surface area contributed by atoms with Gasteiger partial charge in [-0.3, -0.25) is 14.9 Å². The molecular formula is C27H18Cl2N4O3. The predicted octanol–water partition coefficient (Wildman–Crippen LogP) is 6.83. The van der Waals surface area contributed by atoms with Crippen LogP contribution in [0.15, 0.2) is 96.1 Å². The summed E-state index contributed by atoms with van der Waals surface area (Å²) in [6.07, 6.45) is 3.38. The van der Waals surface area contributed by atoms with E-state index in [1.54, 1.807) is 36.7 Å². The minimum Gasteiger partial charge on any atom is -0.347 e. The number of rotatable bonds is 6. The third-order valence-electron chi connectivity index (χ3n) is 5.87. The van der Waals surface area contributed by atoms with E-state index in [0.717, 1.165) is 27.8 Å². The minimum absolute atomic E-state index is 0.00947. The molecule has 0 fully saturated rings. The Labute approximate surface area is 215 Å². The summed E-state index contributed by atoms with van der Waals surface area (Å²) in [6, 6.07) is 22.8. The summed E-state index contributed by atoms with van der Waals surface area (Å²) in [6.45, 7) is 0. The van der Waals surface area contributed by atoms with Crippen LogP contribution in [0.3, 0.4) is 0 Å². The number of H-pyrrole nitrogens is 2. The monoisotopic (exact) mass is 516 g/mol. The van der Waals surface area contributed by atoms with Crippen molar-refractivity contribution >= 4 is 28.9 Å². The maximum atomic E-state index is 11.7. The van der Waals surface area contributed by atoms with Gasteiger partial charge in [0.1, 0.15) is 5.82 Å². The van der Waals surface area contributed by atoms with Crippen LogP contribution in [0, 0.1) is 10.1 Å². The Morgan fingerprint density at radius 3 is 2.17 bits per heavy atom. The van der Waals surface area contributed by atoms with Gasteiger partial charge in [-0.1, -0.05) is 59.6 Å². The average molecular weight is 517 g/mol. The number of hydrogen-bond donors (Lipinski definition) is 2. The van der Waals surface area contributed by atoms with E-state index >= 15 is 0 Å². The van der Waals surface area contributed by atoms with E-state index < -0.39 is 4.92 Å². The first-order chi connectivity index (χ1) is 17.4. The van der Waals surface area contributed by atoms with Gasteiger partial charge in [-0.15, -0.1) is 0 Å². The van der Waals surface area contributed by atoms with Crippen LogP contribution >= 0.6 is 23.2 Å². The first-order valence-electron chi connectivity index (χ1n) is 10.9. The van der Waals surface area contributed by atoms with E-state index in [0.29, 0.717) is 21.6 Å². The van der Waals surface area contributed by atoms with Gasteiger partial charge in [-0.25, -0.2) is 4.98 Å². The second kappa shape index (κ2) is 9.81. The number of pyridine rings is 1. The van der Waals surface area contributed by atoms with E-state index in [1.807, 2.05) is 36.4 Å². The normalized spacial score (nSPS) is 11.8. The summed E-state index contributed by atoms with van der Waals surface area (Å²) < 4.78 is 0. The number of imidazole rings is 1. The lowest BCUT2D eigenvalue weighted by Gasteiger charge is -2.16. The molecule has 0 saturated heterocycles. The Morgan fingerprint density at radius 1 is 0.833 bits per heavy atom. The third kappa shape index (κ3) is 4.79. The van der Waals surface area contributed by atoms with Gasteiger partial charge in [0.25, 0.3) is 5.69 Å². The van der Waals surface area contributed by atoms with Crippen molar-refractivity contribution in [2.45, 2.75) is 5.92 Å². The van der Waals surface area contributed by atoms with Gasteiger partial charge >= 0.3 is 0 Å². The van der Waals surface area contributed by atoms with Gasteiger partial charge in [-0.05, 0) is 46.5 Å². The highest BCUT2D eigenvalue weighted by Crippen LogP contribution is 2.35.